The second-order valence-corrected chi connectivity index (χ2v) is 6.78. The molecule has 0 saturated heterocycles. The van der Waals surface area contributed by atoms with Gasteiger partial charge in [0.1, 0.15) is 6.04 Å². The number of hydrogen-bond acceptors (Lipinski definition) is 4. The minimum Gasteiger partial charge on any atom is -0.492 e. The SMILES string of the molecule is COc1c2c(cc3c1[C@H](C[C@H](O)c1ccccc1)[NH+](C)CC3)OCO2. The van der Waals surface area contributed by atoms with Crippen LogP contribution in [0.1, 0.15) is 35.3 Å². The third-order valence-electron chi connectivity index (χ3n) is 5.32. The number of aliphatic hydroxyl groups excluding tert-OH is 1. The van der Waals surface area contributed by atoms with E-state index in [1.54, 1.807) is 7.11 Å². The normalized spacial score (nSPS) is 22.4. The number of nitrogens with one attached hydrogen (secondary N) is 1. The number of fused-ring (bicyclic) bond motifs is 2. The van der Waals surface area contributed by atoms with E-state index in [2.05, 4.69) is 13.1 Å². The van der Waals surface area contributed by atoms with Crippen LogP contribution in [-0.2, 0) is 6.42 Å². The van der Waals surface area contributed by atoms with Crippen LogP contribution in [0, 0.1) is 0 Å². The number of rotatable bonds is 4. The number of benzene rings is 2. The highest BCUT2D eigenvalue weighted by molar-refractivity contribution is 5.61. The predicted molar refractivity (Wildman–Crippen MR) is 93.3 cm³/mol. The van der Waals surface area contributed by atoms with E-state index >= 15 is 0 Å². The van der Waals surface area contributed by atoms with Crippen molar-refractivity contribution in [3.8, 4) is 17.2 Å². The Morgan fingerprint density at radius 2 is 2.08 bits per heavy atom. The van der Waals surface area contributed by atoms with Crippen molar-refractivity contribution in [1.82, 2.24) is 0 Å². The van der Waals surface area contributed by atoms with Crippen LogP contribution >= 0.6 is 0 Å². The molecule has 5 heteroatoms. The zero-order valence-electron chi connectivity index (χ0n) is 14.6. The molecule has 0 aromatic heterocycles. The zero-order valence-corrected chi connectivity index (χ0v) is 14.6. The molecule has 2 aliphatic heterocycles. The monoisotopic (exact) mass is 342 g/mol. The highest BCUT2D eigenvalue weighted by Crippen LogP contribution is 2.48. The van der Waals surface area contributed by atoms with Crippen LogP contribution in [0.3, 0.4) is 0 Å². The van der Waals surface area contributed by atoms with Crippen LogP contribution in [0.4, 0.5) is 0 Å². The van der Waals surface area contributed by atoms with E-state index in [4.69, 9.17) is 14.2 Å². The summed E-state index contributed by atoms with van der Waals surface area (Å²) in [4.78, 5) is 1.37. The minimum atomic E-state index is -0.512. The molecule has 25 heavy (non-hydrogen) atoms. The maximum absolute atomic E-state index is 10.8. The fourth-order valence-corrected chi connectivity index (χ4v) is 3.97. The lowest BCUT2D eigenvalue weighted by molar-refractivity contribution is -0.915. The van der Waals surface area contributed by atoms with Crippen LogP contribution < -0.4 is 19.1 Å². The van der Waals surface area contributed by atoms with Gasteiger partial charge in [0.25, 0.3) is 0 Å². The average Bonchev–Trinajstić information content (AvgIpc) is 3.11. The lowest BCUT2D eigenvalue weighted by atomic mass is 9.87. The third-order valence-corrected chi connectivity index (χ3v) is 5.32. The summed E-state index contributed by atoms with van der Waals surface area (Å²) in [5.74, 6) is 2.21. The molecular formula is C20H24NO4+. The van der Waals surface area contributed by atoms with Gasteiger partial charge in [0.2, 0.25) is 12.5 Å². The molecule has 2 aliphatic rings. The molecule has 2 N–H and O–H groups in total. The standard InChI is InChI=1S/C20H23NO4/c1-21-9-8-14-10-17-19(25-12-24-17)20(23-2)18(14)15(21)11-16(22)13-6-4-3-5-7-13/h3-7,10,15-16,22H,8-9,11-12H2,1-2H3/p+1/t15-,16-/m0/s1. The van der Waals surface area contributed by atoms with Crippen LogP contribution in [0.15, 0.2) is 36.4 Å². The van der Waals surface area contributed by atoms with Crippen molar-refractivity contribution in [2.75, 3.05) is 27.5 Å². The Morgan fingerprint density at radius 3 is 2.84 bits per heavy atom. The first kappa shape index (κ1) is 16.2. The fraction of sp³-hybridized carbons (Fsp3) is 0.400. The van der Waals surface area contributed by atoms with Gasteiger partial charge in [0.15, 0.2) is 11.5 Å². The lowest BCUT2D eigenvalue weighted by Crippen LogP contribution is -3.10. The molecule has 0 fully saturated rings. The van der Waals surface area contributed by atoms with Gasteiger partial charge in [-0.2, -0.15) is 0 Å². The fourth-order valence-electron chi connectivity index (χ4n) is 3.97. The van der Waals surface area contributed by atoms with Gasteiger partial charge in [0, 0.05) is 12.8 Å². The van der Waals surface area contributed by atoms with Gasteiger partial charge in [-0.15, -0.1) is 0 Å². The van der Waals surface area contributed by atoms with E-state index in [1.807, 2.05) is 30.3 Å². The van der Waals surface area contributed by atoms with Gasteiger partial charge in [-0.1, -0.05) is 30.3 Å². The van der Waals surface area contributed by atoms with E-state index in [1.165, 1.54) is 10.5 Å². The summed E-state index contributed by atoms with van der Waals surface area (Å²) in [6.07, 6.45) is 1.09. The molecule has 5 nitrogen and oxygen atoms in total. The van der Waals surface area contributed by atoms with E-state index in [-0.39, 0.29) is 12.8 Å². The first-order chi connectivity index (χ1) is 12.2. The summed E-state index contributed by atoms with van der Waals surface area (Å²) >= 11 is 0. The van der Waals surface area contributed by atoms with Gasteiger partial charge in [-0.05, 0) is 17.2 Å². The summed E-state index contributed by atoms with van der Waals surface area (Å²) in [6.45, 7) is 1.25. The smallest absolute Gasteiger partial charge is 0.231 e. The van der Waals surface area contributed by atoms with Crippen molar-refractivity contribution < 1.29 is 24.2 Å². The first-order valence-corrected chi connectivity index (χ1v) is 8.73. The molecule has 2 heterocycles. The summed E-state index contributed by atoms with van der Waals surface area (Å²) in [6, 6.07) is 12.1. The Kier molecular flexibility index (Phi) is 4.27. The van der Waals surface area contributed by atoms with Crippen LogP contribution in [-0.4, -0.2) is 32.6 Å². The van der Waals surface area contributed by atoms with E-state index in [9.17, 15) is 5.11 Å². The molecule has 0 bridgehead atoms. The van der Waals surface area contributed by atoms with Crippen molar-refractivity contribution in [2.45, 2.75) is 25.0 Å². The molecule has 0 spiro atoms. The maximum Gasteiger partial charge on any atom is 0.231 e. The second-order valence-electron chi connectivity index (χ2n) is 6.78. The predicted octanol–water partition coefficient (Wildman–Crippen LogP) is 1.66. The van der Waals surface area contributed by atoms with Gasteiger partial charge in [-0.25, -0.2) is 0 Å². The number of likely N-dealkylation sites (N-methyl/N-ethyl adjacent to an activating group) is 1. The summed E-state index contributed by atoms with van der Waals surface area (Å²) in [5.41, 5.74) is 3.32. The minimum absolute atomic E-state index is 0.142. The third kappa shape index (κ3) is 2.83. The van der Waals surface area contributed by atoms with Crippen LogP contribution in [0.5, 0.6) is 17.2 Å². The van der Waals surface area contributed by atoms with Gasteiger partial charge in [-0.3, -0.25) is 0 Å². The average molecular weight is 342 g/mol. The Labute approximate surface area is 147 Å². The molecule has 0 radical (unpaired) electrons. The number of aliphatic hydroxyl groups is 1. The quantitative estimate of drug-likeness (QED) is 0.887. The largest absolute Gasteiger partial charge is 0.492 e. The molecule has 4 rings (SSSR count). The Bertz CT molecular complexity index is 762. The second kappa shape index (κ2) is 6.58. The molecule has 132 valence electrons. The molecule has 1 unspecified atom stereocenters. The van der Waals surface area contributed by atoms with Gasteiger partial charge < -0.3 is 24.2 Å². The first-order valence-electron chi connectivity index (χ1n) is 8.73. The van der Waals surface area contributed by atoms with Crippen molar-refractivity contribution in [3.63, 3.8) is 0 Å². The Balaban J connectivity index is 1.72. The summed E-state index contributed by atoms with van der Waals surface area (Å²) < 4.78 is 16.9. The Morgan fingerprint density at radius 1 is 1.28 bits per heavy atom. The van der Waals surface area contributed by atoms with E-state index in [0.29, 0.717) is 12.2 Å². The Hall–Kier alpha value is -2.24. The maximum atomic E-state index is 10.8. The highest BCUT2D eigenvalue weighted by Gasteiger charge is 2.37. The molecule has 2 aromatic carbocycles. The molecule has 3 atom stereocenters. The summed E-state index contributed by atoms with van der Waals surface area (Å²) in [7, 11) is 3.85. The molecular weight excluding hydrogens is 318 g/mol. The van der Waals surface area contributed by atoms with Crippen LogP contribution in [0.25, 0.3) is 0 Å². The van der Waals surface area contributed by atoms with Gasteiger partial charge >= 0.3 is 0 Å². The van der Waals surface area contributed by atoms with Gasteiger partial charge in [0.05, 0.1) is 32.4 Å². The highest BCUT2D eigenvalue weighted by atomic mass is 16.7. The number of hydrogen-bond donors (Lipinski definition) is 2. The molecule has 0 amide bonds. The number of ether oxygens (including phenoxy) is 3. The van der Waals surface area contributed by atoms with E-state index < -0.39 is 6.10 Å². The van der Waals surface area contributed by atoms with Crippen molar-refractivity contribution >= 4 is 0 Å². The molecule has 0 saturated carbocycles. The van der Waals surface area contributed by atoms with Crippen molar-refractivity contribution in [2.24, 2.45) is 0 Å². The lowest BCUT2D eigenvalue weighted by Gasteiger charge is -2.34. The summed E-state index contributed by atoms with van der Waals surface area (Å²) in [5, 5.41) is 10.8. The number of methoxy groups -OCH3 is 1. The zero-order chi connectivity index (χ0) is 17.4. The van der Waals surface area contributed by atoms with Crippen LogP contribution in [0.2, 0.25) is 0 Å². The topological polar surface area (TPSA) is 52.4 Å². The number of quaternary nitrogens is 1. The van der Waals surface area contributed by atoms with Crippen molar-refractivity contribution in [1.29, 1.82) is 0 Å². The molecule has 0 aliphatic carbocycles. The van der Waals surface area contributed by atoms with E-state index in [0.717, 1.165) is 35.6 Å². The molecule has 2 aromatic rings. The van der Waals surface area contributed by atoms with Crippen molar-refractivity contribution in [3.05, 3.63) is 53.1 Å².